The third-order valence-electron chi connectivity index (χ3n) is 3.53. The van der Waals surface area contributed by atoms with Gasteiger partial charge in [-0.25, -0.2) is 0 Å². The van der Waals surface area contributed by atoms with Crippen LogP contribution in [-0.4, -0.2) is 0 Å². The van der Waals surface area contributed by atoms with Crippen LogP contribution in [0.2, 0.25) is 0 Å². The van der Waals surface area contributed by atoms with E-state index in [-0.39, 0.29) is 0 Å². The molecule has 0 spiro atoms. The molecule has 90 valence electrons. The smallest absolute Gasteiger partial charge is 0.0159 e. The molecular formula is C16H26. The van der Waals surface area contributed by atoms with Crippen LogP contribution in [0, 0.1) is 0 Å². The predicted octanol–water partition coefficient (Wildman–Crippen LogP) is 5.28. The highest BCUT2D eigenvalue weighted by Gasteiger charge is 2.20. The van der Waals surface area contributed by atoms with Crippen LogP contribution in [0.5, 0.6) is 0 Å². The molecule has 0 heteroatoms. The quantitative estimate of drug-likeness (QED) is 0.634. The maximum Gasteiger partial charge on any atom is -0.0159 e. The molecule has 1 aromatic carbocycles. The molecule has 1 unspecified atom stereocenters. The van der Waals surface area contributed by atoms with E-state index in [2.05, 4.69) is 39.0 Å². The van der Waals surface area contributed by atoms with E-state index in [1.807, 2.05) is 13.8 Å². The van der Waals surface area contributed by atoms with Crippen molar-refractivity contribution in [3.05, 3.63) is 34.9 Å². The molecule has 0 amide bonds. The molecule has 2 rings (SSSR count). The van der Waals surface area contributed by atoms with Gasteiger partial charge in [0, 0.05) is 0 Å². The average Bonchev–Trinajstić information content (AvgIpc) is 2.73. The summed E-state index contributed by atoms with van der Waals surface area (Å²) in [5.74, 6) is 1.51. The summed E-state index contributed by atoms with van der Waals surface area (Å²) in [5, 5.41) is 0. The second-order valence-corrected chi connectivity index (χ2v) is 4.76. The lowest BCUT2D eigenvalue weighted by Gasteiger charge is -2.11. The molecule has 0 saturated heterocycles. The highest BCUT2D eigenvalue weighted by Crippen LogP contribution is 2.36. The van der Waals surface area contributed by atoms with Gasteiger partial charge in [-0.3, -0.25) is 0 Å². The van der Waals surface area contributed by atoms with Crippen LogP contribution in [0.3, 0.4) is 0 Å². The lowest BCUT2D eigenvalue weighted by molar-refractivity contribution is 0.656. The molecule has 1 aromatic rings. The van der Waals surface area contributed by atoms with Crippen molar-refractivity contribution in [1.82, 2.24) is 0 Å². The number of hydrogen-bond acceptors (Lipinski definition) is 0. The van der Waals surface area contributed by atoms with E-state index in [0.29, 0.717) is 5.92 Å². The van der Waals surface area contributed by atoms with Gasteiger partial charge in [0.05, 0.1) is 0 Å². The summed E-state index contributed by atoms with van der Waals surface area (Å²) < 4.78 is 0. The van der Waals surface area contributed by atoms with Gasteiger partial charge in [-0.2, -0.15) is 0 Å². The molecule has 0 N–H and O–H groups in total. The van der Waals surface area contributed by atoms with Crippen LogP contribution < -0.4 is 0 Å². The third kappa shape index (κ3) is 2.66. The fourth-order valence-electron chi connectivity index (χ4n) is 2.51. The minimum absolute atomic E-state index is 0.668. The maximum atomic E-state index is 2.43. The van der Waals surface area contributed by atoms with E-state index in [1.165, 1.54) is 24.8 Å². The van der Waals surface area contributed by atoms with Gasteiger partial charge in [0.2, 0.25) is 0 Å². The minimum Gasteiger partial charge on any atom is -0.0683 e. The van der Waals surface area contributed by atoms with E-state index >= 15 is 0 Å². The molecule has 1 atom stereocenters. The van der Waals surface area contributed by atoms with Crippen molar-refractivity contribution in [3.63, 3.8) is 0 Å². The van der Waals surface area contributed by atoms with E-state index in [1.54, 1.807) is 11.1 Å². The van der Waals surface area contributed by atoms with Crippen LogP contribution in [0.4, 0.5) is 0 Å². The van der Waals surface area contributed by atoms with Gasteiger partial charge in [-0.05, 0) is 47.8 Å². The Morgan fingerprint density at radius 3 is 2.50 bits per heavy atom. The monoisotopic (exact) mass is 218 g/mol. The Bertz CT molecular complexity index is 323. The minimum atomic E-state index is 0.668. The van der Waals surface area contributed by atoms with Crippen molar-refractivity contribution in [3.8, 4) is 0 Å². The molecule has 0 aromatic heterocycles. The second kappa shape index (κ2) is 6.08. The van der Waals surface area contributed by atoms with Gasteiger partial charge in [-0.15, -0.1) is 0 Å². The predicted molar refractivity (Wildman–Crippen MR) is 73.2 cm³/mol. The van der Waals surface area contributed by atoms with Crippen molar-refractivity contribution in [2.75, 3.05) is 0 Å². The van der Waals surface area contributed by atoms with E-state index in [0.717, 1.165) is 5.92 Å². The van der Waals surface area contributed by atoms with Crippen LogP contribution in [0.15, 0.2) is 18.2 Å². The Morgan fingerprint density at radius 1 is 1.25 bits per heavy atom. The highest BCUT2D eigenvalue weighted by molar-refractivity contribution is 5.39. The Morgan fingerprint density at radius 2 is 1.94 bits per heavy atom. The van der Waals surface area contributed by atoms with Crippen molar-refractivity contribution in [2.24, 2.45) is 0 Å². The fraction of sp³-hybridized carbons (Fsp3) is 0.625. The molecule has 0 aliphatic heterocycles. The first-order valence-electron chi connectivity index (χ1n) is 6.85. The summed E-state index contributed by atoms with van der Waals surface area (Å²) in [6.45, 7) is 10.8. The summed E-state index contributed by atoms with van der Waals surface area (Å²) in [4.78, 5) is 0. The summed E-state index contributed by atoms with van der Waals surface area (Å²) in [7, 11) is 0. The van der Waals surface area contributed by atoms with Gasteiger partial charge in [-0.1, -0.05) is 52.8 Å². The van der Waals surface area contributed by atoms with Crippen molar-refractivity contribution < 1.29 is 0 Å². The summed E-state index contributed by atoms with van der Waals surface area (Å²) in [6.07, 6.45) is 3.97. The lowest BCUT2D eigenvalue weighted by Crippen LogP contribution is -1.93. The van der Waals surface area contributed by atoms with Crippen LogP contribution in [0.25, 0.3) is 0 Å². The van der Waals surface area contributed by atoms with Gasteiger partial charge in [0.15, 0.2) is 0 Å². The summed E-state index contributed by atoms with van der Waals surface area (Å²) in [5.41, 5.74) is 4.74. The van der Waals surface area contributed by atoms with Crippen molar-refractivity contribution in [1.29, 1.82) is 0 Å². The Kier molecular flexibility index (Phi) is 5.05. The molecule has 0 heterocycles. The Balaban J connectivity index is 0.000000606. The maximum absolute atomic E-state index is 2.43. The number of rotatable bonds is 2. The second-order valence-electron chi connectivity index (χ2n) is 4.76. The zero-order valence-corrected chi connectivity index (χ0v) is 11.5. The molecule has 0 nitrogen and oxygen atoms in total. The summed E-state index contributed by atoms with van der Waals surface area (Å²) >= 11 is 0. The van der Waals surface area contributed by atoms with Crippen LogP contribution >= 0.6 is 0 Å². The normalized spacial score (nSPS) is 18.0. The van der Waals surface area contributed by atoms with Crippen molar-refractivity contribution in [2.45, 2.75) is 65.7 Å². The molecule has 1 aliphatic carbocycles. The average molecular weight is 218 g/mol. The number of hydrogen-bond donors (Lipinski definition) is 0. The third-order valence-corrected chi connectivity index (χ3v) is 3.53. The first kappa shape index (κ1) is 13.3. The van der Waals surface area contributed by atoms with Crippen LogP contribution in [0.1, 0.15) is 76.0 Å². The first-order chi connectivity index (χ1) is 7.72. The topological polar surface area (TPSA) is 0 Å². The zero-order valence-electron chi connectivity index (χ0n) is 11.5. The SMILES string of the molecule is CC.CCC1CCc2cc(C(C)C)ccc21. The first-order valence-corrected chi connectivity index (χ1v) is 6.85. The van der Waals surface area contributed by atoms with E-state index in [9.17, 15) is 0 Å². The Labute approximate surface area is 101 Å². The van der Waals surface area contributed by atoms with E-state index < -0.39 is 0 Å². The standard InChI is InChI=1S/C14H20.C2H6/c1-4-11-5-6-13-9-12(10(2)3)7-8-14(11)13;1-2/h7-11H,4-6H2,1-3H3;1-2H3. The van der Waals surface area contributed by atoms with Gasteiger partial charge >= 0.3 is 0 Å². The lowest BCUT2D eigenvalue weighted by atomic mass is 9.95. The molecule has 16 heavy (non-hydrogen) atoms. The molecule has 0 fully saturated rings. The summed E-state index contributed by atoms with van der Waals surface area (Å²) in [6, 6.07) is 7.11. The molecule has 0 radical (unpaired) electrons. The van der Waals surface area contributed by atoms with Crippen molar-refractivity contribution >= 4 is 0 Å². The number of fused-ring (bicyclic) bond motifs is 1. The van der Waals surface area contributed by atoms with Gasteiger partial charge in [0.25, 0.3) is 0 Å². The molecule has 0 bridgehead atoms. The van der Waals surface area contributed by atoms with Crippen LogP contribution in [-0.2, 0) is 6.42 Å². The van der Waals surface area contributed by atoms with E-state index in [4.69, 9.17) is 0 Å². The Hall–Kier alpha value is -0.780. The van der Waals surface area contributed by atoms with Gasteiger partial charge < -0.3 is 0 Å². The van der Waals surface area contributed by atoms with Gasteiger partial charge in [0.1, 0.15) is 0 Å². The zero-order chi connectivity index (χ0) is 12.1. The number of benzene rings is 1. The molecule has 0 saturated carbocycles. The largest absolute Gasteiger partial charge is 0.0683 e. The highest BCUT2D eigenvalue weighted by atomic mass is 14.3. The fourth-order valence-corrected chi connectivity index (χ4v) is 2.51. The molecule has 1 aliphatic rings. The molecular weight excluding hydrogens is 192 g/mol. The number of aryl methyl sites for hydroxylation is 1.